The number of methoxy groups -OCH3 is 1. The number of ether oxygens (including phenoxy) is 1. The van der Waals surface area contributed by atoms with Gasteiger partial charge in [-0.15, -0.1) is 5.10 Å². The molecule has 3 rings (SSSR count). The Hall–Kier alpha value is -2.16. The van der Waals surface area contributed by atoms with Crippen molar-refractivity contribution in [2.24, 2.45) is 0 Å². The lowest BCUT2D eigenvalue weighted by Gasteiger charge is -2.06. The average Bonchev–Trinajstić information content (AvgIpc) is 3.06. The van der Waals surface area contributed by atoms with Crippen molar-refractivity contribution in [2.75, 3.05) is 23.9 Å². The van der Waals surface area contributed by atoms with Crippen LogP contribution in [0.5, 0.6) is 5.75 Å². The molecule has 1 aliphatic rings. The molecule has 0 saturated carbocycles. The molecule has 0 spiro atoms. The monoisotopic (exact) mass is 310 g/mol. The fraction of sp³-hybridized carbons (Fsp3) is 0.417. The molecule has 0 radical (unpaired) electrons. The lowest BCUT2D eigenvalue weighted by molar-refractivity contribution is 0.414. The second-order valence-corrected chi connectivity index (χ2v) is 6.97. The van der Waals surface area contributed by atoms with Gasteiger partial charge in [0, 0.05) is 18.3 Å². The van der Waals surface area contributed by atoms with E-state index < -0.39 is 9.84 Å². The summed E-state index contributed by atoms with van der Waals surface area (Å²) in [5, 5.41) is 10.7. The van der Waals surface area contributed by atoms with Crippen LogP contribution in [0, 0.1) is 0 Å². The first-order chi connectivity index (χ1) is 10.1. The van der Waals surface area contributed by atoms with Gasteiger partial charge in [0.15, 0.2) is 9.84 Å². The fourth-order valence-corrected chi connectivity index (χ4v) is 3.80. The predicted octanol–water partition coefficient (Wildman–Crippen LogP) is 0.739. The number of sulfone groups is 1. The van der Waals surface area contributed by atoms with Crippen LogP contribution in [0.25, 0.3) is 11.6 Å². The van der Waals surface area contributed by atoms with Crippen LogP contribution in [0.15, 0.2) is 22.7 Å². The maximum absolute atomic E-state index is 11.4. The summed E-state index contributed by atoms with van der Waals surface area (Å²) in [6.07, 6.45) is 2.12. The van der Waals surface area contributed by atoms with Gasteiger partial charge in [-0.05, 0) is 12.5 Å². The number of hydrogen-bond acceptors (Lipinski definition) is 8. The fourth-order valence-electron chi connectivity index (χ4n) is 2.12. The first-order valence-electron chi connectivity index (χ1n) is 6.36. The first kappa shape index (κ1) is 13.8. The molecule has 1 fully saturated rings. The van der Waals surface area contributed by atoms with Crippen molar-refractivity contribution in [3.05, 3.63) is 18.3 Å². The van der Waals surface area contributed by atoms with Crippen LogP contribution in [0.3, 0.4) is 0 Å². The number of aromatic nitrogens is 3. The molecule has 1 N–H and O–H groups in total. The summed E-state index contributed by atoms with van der Waals surface area (Å²) < 4.78 is 33.4. The molecular formula is C12H14N4O4S. The highest BCUT2D eigenvalue weighted by molar-refractivity contribution is 7.91. The molecule has 1 unspecified atom stereocenters. The largest absolute Gasteiger partial charge is 0.497 e. The molecule has 0 bridgehead atoms. The topological polar surface area (TPSA) is 107 Å². The third-order valence-corrected chi connectivity index (χ3v) is 4.94. The van der Waals surface area contributed by atoms with Crippen LogP contribution in [-0.4, -0.2) is 48.3 Å². The summed E-state index contributed by atoms with van der Waals surface area (Å²) in [4.78, 5) is 4.13. The third-order valence-electron chi connectivity index (χ3n) is 3.17. The van der Waals surface area contributed by atoms with E-state index in [9.17, 15) is 8.42 Å². The molecular weight excluding hydrogens is 296 g/mol. The number of nitrogens with zero attached hydrogens (tertiary/aromatic N) is 3. The standard InChI is InChI=1S/C12H14N4O4S/c1-19-9-2-4-13-10(6-9)11-15-16-12(20-11)14-8-3-5-21(17,18)7-8/h2,4,6,8H,3,5,7H2,1H3,(H,14,16). The van der Waals surface area contributed by atoms with E-state index in [2.05, 4.69) is 20.5 Å². The Bertz CT molecular complexity index is 743. The highest BCUT2D eigenvalue weighted by Crippen LogP contribution is 2.23. The van der Waals surface area contributed by atoms with Crippen LogP contribution in [0.4, 0.5) is 6.01 Å². The summed E-state index contributed by atoms with van der Waals surface area (Å²) in [5.41, 5.74) is 0.494. The van der Waals surface area contributed by atoms with Crippen LogP contribution in [0.2, 0.25) is 0 Å². The SMILES string of the molecule is COc1ccnc(-c2nnc(NC3CCS(=O)(=O)C3)o2)c1. The molecule has 1 atom stereocenters. The maximum atomic E-state index is 11.4. The number of nitrogens with one attached hydrogen (secondary N) is 1. The molecule has 1 saturated heterocycles. The smallest absolute Gasteiger partial charge is 0.316 e. The van der Waals surface area contributed by atoms with E-state index in [-0.39, 0.29) is 29.5 Å². The summed E-state index contributed by atoms with van der Waals surface area (Å²) >= 11 is 0. The molecule has 0 aliphatic carbocycles. The van der Waals surface area contributed by atoms with E-state index in [4.69, 9.17) is 9.15 Å². The Morgan fingerprint density at radius 2 is 2.29 bits per heavy atom. The van der Waals surface area contributed by atoms with Gasteiger partial charge in [0.05, 0.1) is 18.6 Å². The maximum Gasteiger partial charge on any atom is 0.316 e. The van der Waals surface area contributed by atoms with Crippen molar-refractivity contribution in [1.29, 1.82) is 0 Å². The van der Waals surface area contributed by atoms with Crippen molar-refractivity contribution in [3.8, 4) is 17.3 Å². The van der Waals surface area contributed by atoms with Gasteiger partial charge in [0.2, 0.25) is 0 Å². The van der Waals surface area contributed by atoms with Crippen molar-refractivity contribution < 1.29 is 17.6 Å². The minimum absolute atomic E-state index is 0.0854. The van der Waals surface area contributed by atoms with Gasteiger partial charge in [-0.3, -0.25) is 4.98 Å². The van der Waals surface area contributed by atoms with Gasteiger partial charge >= 0.3 is 6.01 Å². The number of anilines is 1. The van der Waals surface area contributed by atoms with E-state index in [0.29, 0.717) is 17.9 Å². The third kappa shape index (κ3) is 3.13. The summed E-state index contributed by atoms with van der Waals surface area (Å²) in [6.45, 7) is 0. The molecule has 2 aromatic rings. The van der Waals surface area contributed by atoms with E-state index in [0.717, 1.165) is 0 Å². The Morgan fingerprint density at radius 1 is 1.43 bits per heavy atom. The zero-order valence-corrected chi connectivity index (χ0v) is 12.1. The molecule has 0 aromatic carbocycles. The van der Waals surface area contributed by atoms with E-state index in [1.165, 1.54) is 0 Å². The zero-order chi connectivity index (χ0) is 14.9. The highest BCUT2D eigenvalue weighted by Gasteiger charge is 2.29. The molecule has 112 valence electrons. The molecule has 9 heteroatoms. The Balaban J connectivity index is 1.74. The Labute approximate surface area is 121 Å². The van der Waals surface area contributed by atoms with Crippen molar-refractivity contribution >= 4 is 15.9 Å². The van der Waals surface area contributed by atoms with Gasteiger partial charge in [-0.1, -0.05) is 5.10 Å². The summed E-state index contributed by atoms with van der Waals surface area (Å²) in [6, 6.07) is 3.39. The molecule has 8 nitrogen and oxygen atoms in total. The van der Waals surface area contributed by atoms with Gasteiger partial charge in [0.1, 0.15) is 11.4 Å². The highest BCUT2D eigenvalue weighted by atomic mass is 32.2. The van der Waals surface area contributed by atoms with Crippen LogP contribution >= 0.6 is 0 Å². The predicted molar refractivity (Wildman–Crippen MR) is 74.8 cm³/mol. The van der Waals surface area contributed by atoms with E-state index in [1.54, 1.807) is 25.4 Å². The van der Waals surface area contributed by atoms with Crippen LogP contribution < -0.4 is 10.1 Å². The van der Waals surface area contributed by atoms with Crippen molar-refractivity contribution in [1.82, 2.24) is 15.2 Å². The quantitative estimate of drug-likeness (QED) is 0.881. The Morgan fingerprint density at radius 3 is 3.00 bits per heavy atom. The molecule has 1 aliphatic heterocycles. The van der Waals surface area contributed by atoms with Gasteiger partial charge < -0.3 is 14.5 Å². The average molecular weight is 310 g/mol. The van der Waals surface area contributed by atoms with Crippen LogP contribution in [-0.2, 0) is 9.84 Å². The lowest BCUT2D eigenvalue weighted by Crippen LogP contribution is -2.20. The minimum atomic E-state index is -2.95. The lowest BCUT2D eigenvalue weighted by atomic mass is 10.3. The van der Waals surface area contributed by atoms with Gasteiger partial charge in [-0.25, -0.2) is 8.42 Å². The zero-order valence-electron chi connectivity index (χ0n) is 11.3. The molecule has 21 heavy (non-hydrogen) atoms. The number of rotatable bonds is 4. The number of hydrogen-bond donors (Lipinski definition) is 1. The second-order valence-electron chi connectivity index (χ2n) is 4.74. The van der Waals surface area contributed by atoms with E-state index >= 15 is 0 Å². The first-order valence-corrected chi connectivity index (χ1v) is 8.19. The van der Waals surface area contributed by atoms with Crippen molar-refractivity contribution in [3.63, 3.8) is 0 Å². The Kier molecular flexibility index (Phi) is 3.50. The molecule has 0 amide bonds. The normalized spacial score (nSPS) is 20.3. The second kappa shape index (κ2) is 5.32. The number of pyridine rings is 1. The molecule has 2 aromatic heterocycles. The van der Waals surface area contributed by atoms with Crippen molar-refractivity contribution in [2.45, 2.75) is 12.5 Å². The summed E-state index contributed by atoms with van der Waals surface area (Å²) in [7, 11) is -1.40. The van der Waals surface area contributed by atoms with Gasteiger partial charge in [0.25, 0.3) is 5.89 Å². The minimum Gasteiger partial charge on any atom is -0.497 e. The summed E-state index contributed by atoms with van der Waals surface area (Å²) in [5.74, 6) is 1.15. The van der Waals surface area contributed by atoms with E-state index in [1.807, 2.05) is 0 Å². The van der Waals surface area contributed by atoms with Gasteiger partial charge in [-0.2, -0.15) is 0 Å². The van der Waals surface area contributed by atoms with Crippen LogP contribution in [0.1, 0.15) is 6.42 Å². The molecule has 3 heterocycles.